The summed E-state index contributed by atoms with van der Waals surface area (Å²) < 4.78 is 6.06. The molecular weight excluding hydrogens is 349 g/mol. The molecule has 27 heavy (non-hydrogen) atoms. The van der Waals surface area contributed by atoms with Crippen molar-refractivity contribution in [1.82, 2.24) is 0 Å². The van der Waals surface area contributed by atoms with Crippen LogP contribution >= 0.6 is 7.92 Å². The molecule has 0 saturated carbocycles. The highest BCUT2D eigenvalue weighted by molar-refractivity contribution is 7.77. The van der Waals surface area contributed by atoms with E-state index in [2.05, 4.69) is 99.7 Å². The number of benzene rings is 2. The number of hydrogen-bond donors (Lipinski definition) is 0. The number of hydrogen-bond acceptors (Lipinski definition) is 1. The summed E-state index contributed by atoms with van der Waals surface area (Å²) in [5.41, 5.74) is 1.25. The Labute approximate surface area is 163 Å². The third-order valence-corrected chi connectivity index (χ3v) is 7.44. The molecule has 1 atom stereocenters. The normalized spacial score (nSPS) is 21.9. The van der Waals surface area contributed by atoms with E-state index in [-0.39, 0.29) is 11.5 Å². The maximum Gasteiger partial charge on any atom is 0.0729 e. The molecule has 1 heterocycles. The summed E-state index contributed by atoms with van der Waals surface area (Å²) in [7, 11) is -0.649. The highest BCUT2D eigenvalue weighted by Crippen LogP contribution is 2.51. The van der Waals surface area contributed by atoms with E-state index in [4.69, 9.17) is 10.1 Å². The quantitative estimate of drug-likeness (QED) is 0.641. The Kier molecular flexibility index (Phi) is 4.93. The van der Waals surface area contributed by atoms with Crippen molar-refractivity contribution >= 4 is 18.5 Å². The number of ether oxygens (including phenoxy) is 1. The highest BCUT2D eigenvalue weighted by Gasteiger charge is 2.27. The topological polar surface area (TPSA) is 23.3 Å². The van der Waals surface area contributed by atoms with E-state index in [1.54, 1.807) is 0 Å². The van der Waals surface area contributed by atoms with Gasteiger partial charge in [0.05, 0.1) is 6.61 Å². The molecule has 3 heteroatoms. The Balaban J connectivity index is 1.74. The van der Waals surface area contributed by atoms with Crippen LogP contribution in [0.4, 0.5) is 0 Å². The van der Waals surface area contributed by atoms with E-state index in [0.29, 0.717) is 6.61 Å². The minimum absolute atomic E-state index is 0.109. The number of allylic oxidation sites excluding steroid dienone is 5. The van der Waals surface area contributed by atoms with Gasteiger partial charge in [0.25, 0.3) is 0 Å². The second kappa shape index (κ2) is 7.37. The molecule has 1 saturated heterocycles. The predicted molar refractivity (Wildman–Crippen MR) is 116 cm³/mol. The Morgan fingerprint density at radius 2 is 1.52 bits per heavy atom. The molecule has 2 aromatic rings. The Morgan fingerprint density at radius 1 is 0.926 bits per heavy atom. The van der Waals surface area contributed by atoms with E-state index in [1.165, 1.54) is 15.9 Å². The van der Waals surface area contributed by atoms with Crippen LogP contribution in [0.5, 0.6) is 0 Å². The Hall–Kier alpha value is -2.31. The SMILES string of the molecule is CC(C)(C)[C@@H]1CO/C(=C2\C=CC=C2P(c2ccccc2)c2ccccc2)[N-]1. The van der Waals surface area contributed by atoms with Gasteiger partial charge < -0.3 is 10.1 Å². The van der Waals surface area contributed by atoms with Crippen LogP contribution in [0.1, 0.15) is 20.8 Å². The van der Waals surface area contributed by atoms with E-state index < -0.39 is 7.92 Å². The summed E-state index contributed by atoms with van der Waals surface area (Å²) >= 11 is 0. The van der Waals surface area contributed by atoms with E-state index in [1.807, 2.05) is 0 Å². The largest absolute Gasteiger partial charge is 0.648 e. The average molecular weight is 374 g/mol. The first-order valence-electron chi connectivity index (χ1n) is 9.41. The van der Waals surface area contributed by atoms with Crippen molar-refractivity contribution in [2.75, 3.05) is 6.61 Å². The second-order valence-electron chi connectivity index (χ2n) is 7.96. The van der Waals surface area contributed by atoms with Gasteiger partial charge >= 0.3 is 0 Å². The molecule has 0 unspecified atom stereocenters. The molecule has 1 aliphatic heterocycles. The first kappa shape index (κ1) is 18.1. The van der Waals surface area contributed by atoms with Crippen molar-refractivity contribution < 1.29 is 4.74 Å². The fourth-order valence-electron chi connectivity index (χ4n) is 3.33. The molecule has 138 valence electrons. The molecule has 2 aliphatic rings. The van der Waals surface area contributed by atoms with Gasteiger partial charge in [0, 0.05) is 11.5 Å². The Morgan fingerprint density at radius 3 is 2.04 bits per heavy atom. The summed E-state index contributed by atoms with van der Waals surface area (Å²) in [5, 5.41) is 8.94. The summed E-state index contributed by atoms with van der Waals surface area (Å²) in [5.74, 6) is 0.800. The number of rotatable bonds is 3. The maximum atomic E-state index is 6.06. The van der Waals surface area contributed by atoms with Crippen molar-refractivity contribution in [3.8, 4) is 0 Å². The molecule has 0 radical (unpaired) electrons. The van der Waals surface area contributed by atoms with Gasteiger partial charge in [0.1, 0.15) is 0 Å². The lowest BCUT2D eigenvalue weighted by molar-refractivity contribution is 0.216. The van der Waals surface area contributed by atoms with Crippen LogP contribution in [0.3, 0.4) is 0 Å². The molecule has 2 nitrogen and oxygen atoms in total. The third-order valence-electron chi connectivity index (χ3n) is 4.94. The summed E-state index contributed by atoms with van der Waals surface area (Å²) in [6.45, 7) is 7.33. The van der Waals surface area contributed by atoms with Crippen LogP contribution in [-0.2, 0) is 4.74 Å². The molecule has 1 fully saturated rings. The first-order chi connectivity index (χ1) is 13.0. The van der Waals surface area contributed by atoms with Gasteiger partial charge in [0.2, 0.25) is 0 Å². The van der Waals surface area contributed by atoms with Crippen LogP contribution in [0.25, 0.3) is 5.32 Å². The zero-order chi connectivity index (χ0) is 18.9. The minimum atomic E-state index is -0.649. The van der Waals surface area contributed by atoms with Crippen molar-refractivity contribution in [3.63, 3.8) is 0 Å². The third kappa shape index (κ3) is 3.73. The lowest BCUT2D eigenvalue weighted by Gasteiger charge is -2.35. The molecule has 1 aliphatic carbocycles. The van der Waals surface area contributed by atoms with E-state index >= 15 is 0 Å². The van der Waals surface area contributed by atoms with Crippen LogP contribution < -0.4 is 10.6 Å². The zero-order valence-electron chi connectivity index (χ0n) is 16.1. The molecule has 2 aromatic carbocycles. The lowest BCUT2D eigenvalue weighted by atomic mass is 9.88. The van der Waals surface area contributed by atoms with E-state index in [9.17, 15) is 0 Å². The Bertz CT molecular complexity index is 851. The van der Waals surface area contributed by atoms with Crippen LogP contribution in [-0.4, -0.2) is 12.6 Å². The molecule has 0 bridgehead atoms. The average Bonchev–Trinajstić information content (AvgIpc) is 3.33. The van der Waals surface area contributed by atoms with Gasteiger partial charge in [-0.2, -0.15) is 0 Å². The summed E-state index contributed by atoms with van der Waals surface area (Å²) in [4.78, 5) is 0. The zero-order valence-corrected chi connectivity index (χ0v) is 17.0. The maximum absolute atomic E-state index is 6.06. The molecule has 0 amide bonds. The fourth-order valence-corrected chi connectivity index (χ4v) is 5.77. The van der Waals surface area contributed by atoms with Gasteiger partial charge in [-0.3, -0.25) is 0 Å². The molecule has 0 N–H and O–H groups in total. The number of nitrogens with zero attached hydrogens (tertiary/aromatic N) is 1. The highest BCUT2D eigenvalue weighted by atomic mass is 31.1. The second-order valence-corrected chi connectivity index (χ2v) is 10.1. The molecular formula is C24H25NOP-. The monoisotopic (exact) mass is 374 g/mol. The van der Waals surface area contributed by atoms with Crippen LogP contribution in [0.15, 0.2) is 95.7 Å². The molecule has 0 aromatic heterocycles. The van der Waals surface area contributed by atoms with Crippen molar-refractivity contribution in [1.29, 1.82) is 0 Å². The molecule has 0 spiro atoms. The smallest absolute Gasteiger partial charge is 0.0729 e. The molecule has 4 rings (SSSR count). The first-order valence-corrected chi connectivity index (χ1v) is 10.7. The predicted octanol–water partition coefficient (Wildman–Crippen LogP) is 5.60. The van der Waals surface area contributed by atoms with Gasteiger partial charge in [-0.25, -0.2) is 0 Å². The van der Waals surface area contributed by atoms with Gasteiger partial charge in [-0.15, -0.1) is 0 Å². The van der Waals surface area contributed by atoms with Crippen molar-refractivity contribution in [2.24, 2.45) is 5.41 Å². The van der Waals surface area contributed by atoms with Gasteiger partial charge in [-0.05, 0) is 29.3 Å². The summed E-state index contributed by atoms with van der Waals surface area (Å²) in [6.07, 6.45) is 6.51. The minimum Gasteiger partial charge on any atom is -0.648 e. The van der Waals surface area contributed by atoms with Gasteiger partial charge in [-0.1, -0.05) is 106 Å². The van der Waals surface area contributed by atoms with Crippen molar-refractivity contribution in [3.05, 3.63) is 101 Å². The standard InChI is InChI=1S/C24H25NOP/c1-24(2,3)22-17-26-23(25-22)20-15-10-16-21(20)27(18-11-6-4-7-12-18)19-13-8-5-9-14-19/h4-16,22H,17H2,1-3H3/q-1/b23-20+/t22-/m0/s1. The lowest BCUT2D eigenvalue weighted by Crippen LogP contribution is -2.25. The summed E-state index contributed by atoms with van der Waals surface area (Å²) in [6, 6.07) is 21.7. The van der Waals surface area contributed by atoms with Gasteiger partial charge in [0.15, 0.2) is 0 Å². The van der Waals surface area contributed by atoms with E-state index in [0.717, 1.165) is 11.5 Å². The van der Waals surface area contributed by atoms with Crippen LogP contribution in [0, 0.1) is 5.41 Å². The van der Waals surface area contributed by atoms with Crippen molar-refractivity contribution in [2.45, 2.75) is 26.8 Å². The van der Waals surface area contributed by atoms with Crippen LogP contribution in [0.2, 0.25) is 0 Å². The fraction of sp³-hybridized carbons (Fsp3) is 0.250.